The maximum atomic E-state index is 13.4. The van der Waals surface area contributed by atoms with E-state index in [9.17, 15) is 9.18 Å². The van der Waals surface area contributed by atoms with Gasteiger partial charge in [0.15, 0.2) is 11.6 Å². The molecule has 0 amide bonds. The minimum absolute atomic E-state index is 0.0846. The lowest BCUT2D eigenvalue weighted by molar-refractivity contribution is 0.381. The van der Waals surface area contributed by atoms with Crippen molar-refractivity contribution in [2.24, 2.45) is 0 Å². The number of nitrogens with zero attached hydrogens (tertiary/aromatic N) is 2. The summed E-state index contributed by atoms with van der Waals surface area (Å²) in [6, 6.07) is 10.7. The quantitative estimate of drug-likeness (QED) is 0.770. The summed E-state index contributed by atoms with van der Waals surface area (Å²) in [5.41, 5.74) is 5.65. The number of nitrogen functional groups attached to an aromatic ring is 1. The molecule has 0 aliphatic carbocycles. The molecule has 0 unspecified atom stereocenters. The van der Waals surface area contributed by atoms with E-state index in [1.54, 1.807) is 24.3 Å². The molecular weight excluding hydrogens is 349 g/mol. The third-order valence-electron chi connectivity index (χ3n) is 3.39. The van der Waals surface area contributed by atoms with Gasteiger partial charge in [-0.2, -0.15) is 9.78 Å². The second kappa shape index (κ2) is 6.82. The molecule has 1 aromatic heterocycles. The maximum Gasteiger partial charge on any atom is 0.292 e. The molecule has 2 N–H and O–H groups in total. The Hall–Kier alpha value is -3.06. The van der Waals surface area contributed by atoms with Crippen LogP contribution in [-0.4, -0.2) is 16.9 Å². The number of rotatable bonds is 4. The van der Waals surface area contributed by atoms with E-state index >= 15 is 0 Å². The first-order valence-corrected chi connectivity index (χ1v) is 7.52. The summed E-state index contributed by atoms with van der Waals surface area (Å²) in [6.45, 7) is 0. The molecule has 0 saturated carbocycles. The number of halogens is 2. The largest absolute Gasteiger partial charge is 0.494 e. The van der Waals surface area contributed by atoms with Gasteiger partial charge >= 0.3 is 0 Å². The van der Waals surface area contributed by atoms with Gasteiger partial charge in [0, 0.05) is 6.07 Å². The first-order chi connectivity index (χ1) is 12.0. The van der Waals surface area contributed by atoms with Crippen LogP contribution in [0.15, 0.2) is 53.5 Å². The summed E-state index contributed by atoms with van der Waals surface area (Å²) < 4.78 is 25.1. The van der Waals surface area contributed by atoms with Gasteiger partial charge in [-0.1, -0.05) is 11.6 Å². The first-order valence-electron chi connectivity index (χ1n) is 7.14. The molecule has 128 valence electrons. The molecule has 0 saturated heterocycles. The molecule has 3 aromatic rings. The molecule has 0 fully saturated rings. The van der Waals surface area contributed by atoms with E-state index in [0.717, 1.165) is 4.68 Å². The fourth-order valence-corrected chi connectivity index (χ4v) is 2.25. The van der Waals surface area contributed by atoms with Crippen LogP contribution < -0.4 is 20.8 Å². The Labute approximate surface area is 147 Å². The average molecular weight is 362 g/mol. The van der Waals surface area contributed by atoms with Gasteiger partial charge in [0.25, 0.3) is 5.56 Å². The minimum Gasteiger partial charge on any atom is -0.494 e. The van der Waals surface area contributed by atoms with Gasteiger partial charge in [-0.3, -0.25) is 4.79 Å². The number of benzene rings is 2. The van der Waals surface area contributed by atoms with E-state index in [-0.39, 0.29) is 16.5 Å². The van der Waals surface area contributed by atoms with Gasteiger partial charge in [0.1, 0.15) is 16.5 Å². The van der Waals surface area contributed by atoms with Crippen LogP contribution in [0.2, 0.25) is 5.02 Å². The van der Waals surface area contributed by atoms with Crippen molar-refractivity contribution in [3.8, 4) is 22.9 Å². The Morgan fingerprint density at radius 1 is 1.16 bits per heavy atom. The fourth-order valence-electron chi connectivity index (χ4n) is 2.12. The summed E-state index contributed by atoms with van der Waals surface area (Å²) in [5, 5.41) is 3.86. The molecule has 1 heterocycles. The number of methoxy groups -OCH3 is 1. The number of anilines is 1. The average Bonchev–Trinajstić information content (AvgIpc) is 2.62. The predicted molar refractivity (Wildman–Crippen MR) is 92.3 cm³/mol. The monoisotopic (exact) mass is 361 g/mol. The van der Waals surface area contributed by atoms with Crippen LogP contribution >= 0.6 is 11.6 Å². The van der Waals surface area contributed by atoms with E-state index < -0.39 is 11.4 Å². The van der Waals surface area contributed by atoms with Crippen molar-refractivity contribution in [3.05, 3.63) is 69.9 Å². The molecule has 0 spiro atoms. The van der Waals surface area contributed by atoms with Gasteiger partial charge in [0.2, 0.25) is 0 Å². The molecule has 25 heavy (non-hydrogen) atoms. The Kier molecular flexibility index (Phi) is 4.58. The first kappa shape index (κ1) is 16.8. The third kappa shape index (κ3) is 3.41. The van der Waals surface area contributed by atoms with Gasteiger partial charge in [-0.25, -0.2) is 4.39 Å². The fraction of sp³-hybridized carbons (Fsp3) is 0.0588. The summed E-state index contributed by atoms with van der Waals surface area (Å²) in [5.74, 6) is 0.515. The van der Waals surface area contributed by atoms with E-state index in [4.69, 9.17) is 26.8 Å². The summed E-state index contributed by atoms with van der Waals surface area (Å²) >= 11 is 5.85. The molecule has 0 aliphatic rings. The van der Waals surface area contributed by atoms with Gasteiger partial charge in [-0.05, 0) is 36.4 Å². The van der Waals surface area contributed by atoms with Crippen LogP contribution in [-0.2, 0) is 0 Å². The van der Waals surface area contributed by atoms with E-state index in [1.807, 2.05) is 0 Å². The topological polar surface area (TPSA) is 79.4 Å². The number of hydrogen-bond donors (Lipinski definition) is 1. The maximum absolute atomic E-state index is 13.4. The number of hydrogen-bond acceptors (Lipinski definition) is 5. The van der Waals surface area contributed by atoms with Gasteiger partial charge < -0.3 is 15.2 Å². The lowest BCUT2D eigenvalue weighted by Gasteiger charge is -2.10. The highest BCUT2D eigenvalue weighted by Crippen LogP contribution is 2.27. The van der Waals surface area contributed by atoms with Crippen LogP contribution in [0.1, 0.15) is 0 Å². The minimum atomic E-state index is -0.515. The normalized spacial score (nSPS) is 10.5. The zero-order valence-corrected chi connectivity index (χ0v) is 13.8. The van der Waals surface area contributed by atoms with Crippen LogP contribution in [0.5, 0.6) is 17.2 Å². The predicted octanol–water partition coefficient (Wildman–Crippen LogP) is 3.41. The van der Waals surface area contributed by atoms with Crippen LogP contribution in [0.3, 0.4) is 0 Å². The van der Waals surface area contributed by atoms with Crippen LogP contribution in [0.25, 0.3) is 5.69 Å². The molecule has 0 aliphatic heterocycles. The van der Waals surface area contributed by atoms with Crippen molar-refractivity contribution in [2.75, 3.05) is 12.8 Å². The number of nitrogens with two attached hydrogens (primary N) is 1. The highest BCUT2D eigenvalue weighted by molar-refractivity contribution is 6.32. The molecule has 6 nitrogen and oxygen atoms in total. The number of ether oxygens (including phenoxy) is 2. The van der Waals surface area contributed by atoms with Crippen molar-refractivity contribution < 1.29 is 13.9 Å². The molecule has 0 bridgehead atoms. The molecule has 0 atom stereocenters. The zero-order chi connectivity index (χ0) is 18.0. The van der Waals surface area contributed by atoms with Crippen molar-refractivity contribution in [2.45, 2.75) is 0 Å². The summed E-state index contributed by atoms with van der Waals surface area (Å²) in [6.07, 6.45) is 1.30. The van der Waals surface area contributed by atoms with Crippen molar-refractivity contribution in [1.82, 2.24) is 9.78 Å². The van der Waals surface area contributed by atoms with E-state index in [2.05, 4.69) is 5.10 Å². The Morgan fingerprint density at radius 3 is 2.52 bits per heavy atom. The molecule has 8 heteroatoms. The van der Waals surface area contributed by atoms with Crippen LogP contribution in [0.4, 0.5) is 10.1 Å². The second-order valence-corrected chi connectivity index (χ2v) is 5.40. The molecule has 2 aromatic carbocycles. The van der Waals surface area contributed by atoms with E-state index in [1.165, 1.54) is 31.5 Å². The van der Waals surface area contributed by atoms with Gasteiger partial charge in [0.05, 0.1) is 24.7 Å². The summed E-state index contributed by atoms with van der Waals surface area (Å²) in [7, 11) is 1.37. The Balaban J connectivity index is 1.86. The Bertz CT molecular complexity index is 974. The van der Waals surface area contributed by atoms with Crippen molar-refractivity contribution in [3.63, 3.8) is 0 Å². The Morgan fingerprint density at radius 2 is 1.84 bits per heavy atom. The second-order valence-electron chi connectivity index (χ2n) is 5.02. The van der Waals surface area contributed by atoms with Crippen molar-refractivity contribution in [1.29, 1.82) is 0 Å². The third-order valence-corrected chi connectivity index (χ3v) is 3.77. The van der Waals surface area contributed by atoms with Crippen molar-refractivity contribution >= 4 is 17.3 Å². The van der Waals surface area contributed by atoms with Gasteiger partial charge in [-0.15, -0.1) is 0 Å². The standard InChI is InChI=1S/C17H13ClFN3O3/c1-24-15-8-12(6-7-13(15)19)25-11-4-2-10(3-5-11)22-17(23)16(18)14(20)9-21-22/h2-9H,20H2,1H3. The lowest BCUT2D eigenvalue weighted by Crippen LogP contribution is -2.22. The van der Waals surface area contributed by atoms with E-state index in [0.29, 0.717) is 17.2 Å². The highest BCUT2D eigenvalue weighted by atomic mass is 35.5. The highest BCUT2D eigenvalue weighted by Gasteiger charge is 2.09. The smallest absolute Gasteiger partial charge is 0.292 e. The molecule has 0 radical (unpaired) electrons. The summed E-state index contributed by atoms with van der Waals surface area (Å²) in [4.78, 5) is 12.1. The zero-order valence-electron chi connectivity index (χ0n) is 13.1. The SMILES string of the molecule is COc1cc(Oc2ccc(-n3ncc(N)c(Cl)c3=O)cc2)ccc1F. The number of aromatic nitrogens is 2. The van der Waals surface area contributed by atoms with Crippen LogP contribution in [0, 0.1) is 5.82 Å². The molecular formula is C17H13ClFN3O3. The molecule has 3 rings (SSSR count). The lowest BCUT2D eigenvalue weighted by atomic mass is 10.3.